The fourth-order valence-electron chi connectivity index (χ4n) is 3.04. The first-order chi connectivity index (χ1) is 11.3. The van der Waals surface area contributed by atoms with Crippen LogP contribution in [-0.2, 0) is 6.18 Å². The molecule has 0 heterocycles. The van der Waals surface area contributed by atoms with Crippen molar-refractivity contribution >= 4 is 23.0 Å². The number of halogens is 3. The van der Waals surface area contributed by atoms with Crippen molar-refractivity contribution < 1.29 is 13.2 Å². The Balaban J connectivity index is 2.17. The number of alkyl halides is 3. The van der Waals surface area contributed by atoms with Gasteiger partial charge in [-0.05, 0) is 50.2 Å². The number of hydrogen-bond acceptors (Lipinski definition) is 2. The highest BCUT2D eigenvalue weighted by Crippen LogP contribution is 2.31. The third-order valence-corrected chi connectivity index (χ3v) is 4.56. The third-order valence-electron chi connectivity index (χ3n) is 4.25. The maximum absolute atomic E-state index is 12.8. The molecule has 0 spiro atoms. The number of rotatable bonds is 3. The predicted octanol–water partition coefficient (Wildman–Crippen LogP) is 4.95. The molecule has 1 fully saturated rings. The summed E-state index contributed by atoms with van der Waals surface area (Å²) in [7, 11) is 0. The van der Waals surface area contributed by atoms with Gasteiger partial charge in [0.2, 0.25) is 0 Å². The van der Waals surface area contributed by atoms with E-state index in [4.69, 9.17) is 12.2 Å². The highest BCUT2D eigenvalue weighted by molar-refractivity contribution is 7.80. The summed E-state index contributed by atoms with van der Waals surface area (Å²) >= 11 is 5.40. The molecule has 0 aromatic heterocycles. The van der Waals surface area contributed by atoms with Crippen LogP contribution in [0.15, 0.2) is 24.3 Å². The third kappa shape index (κ3) is 4.60. The highest BCUT2D eigenvalue weighted by Gasteiger charge is 2.31. The van der Waals surface area contributed by atoms with E-state index in [1.165, 1.54) is 18.6 Å². The van der Waals surface area contributed by atoms with Gasteiger partial charge in [0.25, 0.3) is 0 Å². The van der Waals surface area contributed by atoms with Gasteiger partial charge >= 0.3 is 6.18 Å². The van der Waals surface area contributed by atoms with Crippen molar-refractivity contribution in [2.45, 2.75) is 57.3 Å². The van der Waals surface area contributed by atoms with Gasteiger partial charge in [-0.15, -0.1) is 0 Å². The van der Waals surface area contributed by atoms with Crippen molar-refractivity contribution in [2.24, 2.45) is 0 Å². The molecule has 1 unspecified atom stereocenters. The van der Waals surface area contributed by atoms with Gasteiger partial charge in [0, 0.05) is 11.7 Å². The SMILES string of the molecule is CC(C#N)N(C(=S)Nc1cccc(C(F)(F)F)c1)C1CCCCC1. The zero-order chi connectivity index (χ0) is 17.7. The van der Waals surface area contributed by atoms with E-state index in [0.29, 0.717) is 5.11 Å². The van der Waals surface area contributed by atoms with Gasteiger partial charge in [-0.1, -0.05) is 25.3 Å². The zero-order valence-electron chi connectivity index (χ0n) is 13.4. The standard InChI is InChI=1S/C17H20F3N3S/c1-12(11-21)23(15-8-3-2-4-9-15)16(24)22-14-7-5-6-13(10-14)17(18,19)20/h5-7,10,12,15H,2-4,8-9H2,1H3,(H,22,24). The molecule has 2 rings (SSSR count). The minimum atomic E-state index is -4.40. The molecule has 1 saturated carbocycles. The molecule has 0 aliphatic heterocycles. The summed E-state index contributed by atoms with van der Waals surface area (Å²) < 4.78 is 38.5. The second kappa shape index (κ2) is 7.84. The molecule has 1 aliphatic rings. The van der Waals surface area contributed by atoms with Gasteiger partial charge in [-0.25, -0.2) is 0 Å². The lowest BCUT2D eigenvalue weighted by Crippen LogP contribution is -2.48. The molecule has 0 bridgehead atoms. The van der Waals surface area contributed by atoms with E-state index in [9.17, 15) is 18.4 Å². The summed E-state index contributed by atoms with van der Waals surface area (Å²) in [5.74, 6) is 0. The van der Waals surface area contributed by atoms with Gasteiger partial charge in [0.1, 0.15) is 6.04 Å². The molecule has 130 valence electrons. The first-order valence-corrected chi connectivity index (χ1v) is 8.40. The summed E-state index contributed by atoms with van der Waals surface area (Å²) in [4.78, 5) is 1.83. The van der Waals surface area contributed by atoms with E-state index >= 15 is 0 Å². The fourth-order valence-corrected chi connectivity index (χ4v) is 3.47. The maximum Gasteiger partial charge on any atom is 0.416 e. The molecule has 0 radical (unpaired) electrons. The molecule has 24 heavy (non-hydrogen) atoms. The minimum Gasteiger partial charge on any atom is -0.333 e. The van der Waals surface area contributed by atoms with Gasteiger partial charge in [-0.2, -0.15) is 18.4 Å². The molecular weight excluding hydrogens is 335 g/mol. The lowest BCUT2D eigenvalue weighted by Gasteiger charge is -2.38. The summed E-state index contributed by atoms with van der Waals surface area (Å²) in [5.41, 5.74) is -0.450. The van der Waals surface area contributed by atoms with Crippen molar-refractivity contribution in [3.8, 4) is 6.07 Å². The van der Waals surface area contributed by atoms with E-state index in [1.807, 2.05) is 4.90 Å². The molecule has 1 aromatic rings. The molecule has 1 aliphatic carbocycles. The zero-order valence-corrected chi connectivity index (χ0v) is 14.3. The molecule has 1 aromatic carbocycles. The number of nitrogens with zero attached hydrogens (tertiary/aromatic N) is 2. The molecule has 1 atom stereocenters. The minimum absolute atomic E-state index is 0.152. The lowest BCUT2D eigenvalue weighted by molar-refractivity contribution is -0.137. The first-order valence-electron chi connectivity index (χ1n) is 7.99. The molecular formula is C17H20F3N3S. The van der Waals surface area contributed by atoms with Crippen LogP contribution in [0.25, 0.3) is 0 Å². The molecule has 7 heteroatoms. The Bertz CT molecular complexity index is 618. The van der Waals surface area contributed by atoms with Crippen LogP contribution < -0.4 is 5.32 Å². The largest absolute Gasteiger partial charge is 0.416 e. The number of anilines is 1. The van der Waals surface area contributed by atoms with Crippen LogP contribution in [0.1, 0.15) is 44.6 Å². The molecule has 0 saturated heterocycles. The summed E-state index contributed by atoms with van der Waals surface area (Å²) in [6.45, 7) is 1.76. The number of nitriles is 1. The maximum atomic E-state index is 12.8. The van der Waals surface area contributed by atoms with Crippen molar-refractivity contribution in [3.63, 3.8) is 0 Å². The Labute approximate surface area is 145 Å². The van der Waals surface area contributed by atoms with E-state index in [1.54, 1.807) is 6.92 Å². The second-order valence-electron chi connectivity index (χ2n) is 6.01. The average Bonchev–Trinajstić information content (AvgIpc) is 2.55. The Morgan fingerprint density at radius 3 is 2.58 bits per heavy atom. The Hall–Kier alpha value is -1.81. The van der Waals surface area contributed by atoms with Gasteiger partial charge in [0.05, 0.1) is 11.6 Å². The van der Waals surface area contributed by atoms with Gasteiger partial charge < -0.3 is 10.2 Å². The number of benzene rings is 1. The van der Waals surface area contributed by atoms with E-state index < -0.39 is 17.8 Å². The normalized spacial score (nSPS) is 17.0. The van der Waals surface area contributed by atoms with Gasteiger partial charge in [-0.3, -0.25) is 0 Å². The van der Waals surface area contributed by atoms with Crippen molar-refractivity contribution in [2.75, 3.05) is 5.32 Å². The smallest absolute Gasteiger partial charge is 0.333 e. The van der Waals surface area contributed by atoms with Crippen LogP contribution >= 0.6 is 12.2 Å². The Morgan fingerprint density at radius 1 is 1.33 bits per heavy atom. The van der Waals surface area contributed by atoms with Crippen molar-refractivity contribution in [3.05, 3.63) is 29.8 Å². The van der Waals surface area contributed by atoms with Crippen LogP contribution in [0, 0.1) is 11.3 Å². The topological polar surface area (TPSA) is 39.1 Å². The van der Waals surface area contributed by atoms with Gasteiger partial charge in [0.15, 0.2) is 5.11 Å². The van der Waals surface area contributed by atoms with Crippen LogP contribution in [0.4, 0.5) is 18.9 Å². The second-order valence-corrected chi connectivity index (χ2v) is 6.40. The first kappa shape index (κ1) is 18.5. The summed E-state index contributed by atoms with van der Waals surface area (Å²) in [6, 6.07) is 6.83. The monoisotopic (exact) mass is 355 g/mol. The molecule has 0 amide bonds. The molecule has 3 nitrogen and oxygen atoms in total. The quantitative estimate of drug-likeness (QED) is 0.779. The van der Waals surface area contributed by atoms with Crippen molar-refractivity contribution in [1.82, 2.24) is 4.90 Å². The van der Waals surface area contributed by atoms with Crippen LogP contribution in [0.3, 0.4) is 0 Å². The summed E-state index contributed by atoms with van der Waals surface area (Å²) in [6.07, 6.45) is 0.797. The highest BCUT2D eigenvalue weighted by atomic mass is 32.1. The van der Waals surface area contributed by atoms with E-state index in [0.717, 1.165) is 37.8 Å². The predicted molar refractivity (Wildman–Crippen MR) is 91.5 cm³/mol. The Morgan fingerprint density at radius 2 is 2.00 bits per heavy atom. The average molecular weight is 355 g/mol. The number of thiocarbonyl (C=S) groups is 1. The van der Waals surface area contributed by atoms with Crippen LogP contribution in [0.2, 0.25) is 0 Å². The lowest BCUT2D eigenvalue weighted by atomic mass is 9.93. The fraction of sp³-hybridized carbons (Fsp3) is 0.529. The van der Waals surface area contributed by atoms with Crippen LogP contribution in [-0.4, -0.2) is 22.1 Å². The Kier molecular flexibility index (Phi) is 6.05. The van der Waals surface area contributed by atoms with E-state index in [2.05, 4.69) is 11.4 Å². The summed E-state index contributed by atoms with van der Waals surface area (Å²) in [5, 5.41) is 12.4. The van der Waals surface area contributed by atoms with Crippen LogP contribution in [0.5, 0.6) is 0 Å². The molecule has 1 N–H and O–H groups in total. The number of hydrogen-bond donors (Lipinski definition) is 1. The van der Waals surface area contributed by atoms with Crippen molar-refractivity contribution in [1.29, 1.82) is 5.26 Å². The van der Waals surface area contributed by atoms with E-state index in [-0.39, 0.29) is 11.7 Å². The number of nitrogens with one attached hydrogen (secondary N) is 1.